The van der Waals surface area contributed by atoms with Crippen LogP contribution in [0, 0.1) is 6.92 Å². The Balaban J connectivity index is 2.17. The number of benzene rings is 1. The number of aryl methyl sites for hydroxylation is 1. The molecule has 4 heteroatoms. The average Bonchev–Trinajstić information content (AvgIpc) is 2.57. The van der Waals surface area contributed by atoms with E-state index in [9.17, 15) is 0 Å². The maximum Gasteiger partial charge on any atom is 0.136 e. The summed E-state index contributed by atoms with van der Waals surface area (Å²) in [6, 6.07) is 6.57. The van der Waals surface area contributed by atoms with Crippen molar-refractivity contribution in [2.75, 3.05) is 49.1 Å². The maximum atomic E-state index is 4.83. The molecule has 0 bridgehead atoms. The molecule has 1 fully saturated rings. The number of hydrogen-bond donors (Lipinski definition) is 1. The van der Waals surface area contributed by atoms with Gasteiger partial charge >= 0.3 is 0 Å². The lowest BCUT2D eigenvalue weighted by molar-refractivity contribution is 0.590. The Kier molecular flexibility index (Phi) is 4.48. The van der Waals surface area contributed by atoms with Gasteiger partial charge in [-0.1, -0.05) is 18.2 Å². The Hall–Kier alpha value is -1.81. The summed E-state index contributed by atoms with van der Waals surface area (Å²) in [6.45, 7) is 12.8. The molecule has 1 N–H and O–H groups in total. The molecule has 1 aliphatic heterocycles. The third-order valence-corrected chi connectivity index (χ3v) is 4.60. The lowest BCUT2D eigenvalue weighted by atomic mass is 10.0. The Labute approximate surface area is 133 Å². The molecule has 3 rings (SSSR count). The van der Waals surface area contributed by atoms with Crippen molar-refractivity contribution < 1.29 is 0 Å². The highest BCUT2D eigenvalue weighted by molar-refractivity contribution is 6.02. The van der Waals surface area contributed by atoms with E-state index in [2.05, 4.69) is 60.3 Å². The minimum absolute atomic E-state index is 0.986. The van der Waals surface area contributed by atoms with E-state index in [1.807, 2.05) is 0 Å². The van der Waals surface area contributed by atoms with E-state index in [1.54, 1.807) is 0 Å². The van der Waals surface area contributed by atoms with Gasteiger partial charge in [-0.3, -0.25) is 0 Å². The molecular weight excluding hydrogens is 272 g/mol. The largest absolute Gasteiger partial charge is 0.367 e. The van der Waals surface area contributed by atoms with Crippen molar-refractivity contribution in [1.82, 2.24) is 10.3 Å². The van der Waals surface area contributed by atoms with E-state index < -0.39 is 0 Å². The second-order valence-electron chi connectivity index (χ2n) is 5.87. The van der Waals surface area contributed by atoms with Crippen molar-refractivity contribution in [2.45, 2.75) is 20.8 Å². The molecule has 118 valence electrons. The number of hydrogen-bond acceptors (Lipinski definition) is 4. The third kappa shape index (κ3) is 2.63. The monoisotopic (exact) mass is 298 g/mol. The molecule has 4 nitrogen and oxygen atoms in total. The van der Waals surface area contributed by atoms with Gasteiger partial charge in [0.25, 0.3) is 0 Å². The molecule has 0 radical (unpaired) electrons. The number of fused-ring (bicyclic) bond motifs is 1. The average molecular weight is 298 g/mol. The molecule has 1 aromatic heterocycles. The van der Waals surface area contributed by atoms with E-state index >= 15 is 0 Å². The zero-order chi connectivity index (χ0) is 15.5. The molecule has 0 aliphatic carbocycles. The van der Waals surface area contributed by atoms with Gasteiger partial charge in [0, 0.05) is 50.0 Å². The van der Waals surface area contributed by atoms with Crippen molar-refractivity contribution >= 4 is 22.3 Å². The first-order valence-electron chi connectivity index (χ1n) is 8.35. The summed E-state index contributed by atoms with van der Waals surface area (Å²) in [5, 5.41) is 6.06. The molecule has 1 aliphatic rings. The zero-order valence-corrected chi connectivity index (χ0v) is 13.9. The van der Waals surface area contributed by atoms with Crippen LogP contribution in [0.15, 0.2) is 24.4 Å². The number of pyridine rings is 1. The van der Waals surface area contributed by atoms with Crippen molar-refractivity contribution in [3.63, 3.8) is 0 Å². The topological polar surface area (TPSA) is 31.4 Å². The SMILES string of the molecule is CCN(CC)c1ncc(N2CCNCC2)c2c(C)cccc12. The lowest BCUT2D eigenvalue weighted by Crippen LogP contribution is -2.43. The molecule has 0 spiro atoms. The maximum absolute atomic E-state index is 4.83. The van der Waals surface area contributed by atoms with Gasteiger partial charge in [-0.2, -0.15) is 0 Å². The number of anilines is 2. The second-order valence-corrected chi connectivity index (χ2v) is 5.87. The highest BCUT2D eigenvalue weighted by Gasteiger charge is 2.18. The fraction of sp³-hybridized carbons (Fsp3) is 0.500. The van der Waals surface area contributed by atoms with Crippen molar-refractivity contribution in [3.05, 3.63) is 30.0 Å². The summed E-state index contributed by atoms with van der Waals surface area (Å²) in [4.78, 5) is 9.63. The van der Waals surface area contributed by atoms with E-state index in [0.717, 1.165) is 45.1 Å². The fourth-order valence-corrected chi connectivity index (χ4v) is 3.37. The van der Waals surface area contributed by atoms with Crippen LogP contribution in [0.5, 0.6) is 0 Å². The third-order valence-electron chi connectivity index (χ3n) is 4.60. The predicted molar refractivity (Wildman–Crippen MR) is 95.1 cm³/mol. The Morgan fingerprint density at radius 2 is 1.91 bits per heavy atom. The van der Waals surface area contributed by atoms with E-state index in [-0.39, 0.29) is 0 Å². The van der Waals surface area contributed by atoms with Crippen molar-refractivity contribution in [3.8, 4) is 0 Å². The summed E-state index contributed by atoms with van der Waals surface area (Å²) in [5.41, 5.74) is 2.62. The minimum Gasteiger partial charge on any atom is -0.367 e. The standard InChI is InChI=1S/C18H26N4/c1-4-21(5-2)18-15-8-6-7-14(3)17(15)16(13-20-18)22-11-9-19-10-12-22/h6-8,13,19H,4-5,9-12H2,1-3H3. The van der Waals surface area contributed by atoms with E-state index in [1.165, 1.54) is 22.0 Å². The van der Waals surface area contributed by atoms with Crippen LogP contribution in [0.25, 0.3) is 10.8 Å². The van der Waals surface area contributed by atoms with Gasteiger partial charge in [-0.15, -0.1) is 0 Å². The smallest absolute Gasteiger partial charge is 0.136 e. The van der Waals surface area contributed by atoms with Crippen LogP contribution >= 0.6 is 0 Å². The first kappa shape index (κ1) is 15.1. The summed E-state index contributed by atoms with van der Waals surface area (Å²) in [7, 11) is 0. The molecule has 0 atom stereocenters. The Morgan fingerprint density at radius 3 is 2.59 bits per heavy atom. The number of nitrogens with one attached hydrogen (secondary N) is 1. The van der Waals surface area contributed by atoms with Gasteiger partial charge in [0.1, 0.15) is 5.82 Å². The number of piperazine rings is 1. The minimum atomic E-state index is 0.986. The highest BCUT2D eigenvalue weighted by Crippen LogP contribution is 2.34. The molecule has 2 heterocycles. The number of nitrogens with zero attached hydrogens (tertiary/aromatic N) is 3. The first-order chi connectivity index (χ1) is 10.8. The number of rotatable bonds is 4. The van der Waals surface area contributed by atoms with Crippen molar-refractivity contribution in [2.24, 2.45) is 0 Å². The predicted octanol–water partition coefficient (Wildman–Crippen LogP) is 2.80. The highest BCUT2D eigenvalue weighted by atomic mass is 15.2. The van der Waals surface area contributed by atoms with Crippen LogP contribution in [0.2, 0.25) is 0 Å². The fourth-order valence-electron chi connectivity index (χ4n) is 3.37. The van der Waals surface area contributed by atoms with Crippen LogP contribution in [-0.4, -0.2) is 44.3 Å². The molecule has 0 unspecified atom stereocenters. The van der Waals surface area contributed by atoms with Crippen molar-refractivity contribution in [1.29, 1.82) is 0 Å². The van der Waals surface area contributed by atoms with Gasteiger partial charge in [0.05, 0.1) is 11.9 Å². The zero-order valence-electron chi connectivity index (χ0n) is 13.9. The molecule has 1 saturated heterocycles. The molecule has 2 aromatic rings. The summed E-state index contributed by atoms with van der Waals surface area (Å²) in [5.74, 6) is 1.11. The van der Waals surface area contributed by atoms with Crippen LogP contribution in [-0.2, 0) is 0 Å². The van der Waals surface area contributed by atoms with Crippen LogP contribution < -0.4 is 15.1 Å². The van der Waals surface area contributed by atoms with E-state index in [4.69, 9.17) is 4.98 Å². The second kappa shape index (κ2) is 6.53. The van der Waals surface area contributed by atoms with Crippen LogP contribution in [0.3, 0.4) is 0 Å². The summed E-state index contributed by atoms with van der Waals surface area (Å²) < 4.78 is 0. The summed E-state index contributed by atoms with van der Waals surface area (Å²) in [6.07, 6.45) is 2.08. The Bertz CT molecular complexity index is 643. The van der Waals surface area contributed by atoms with Gasteiger partial charge in [0.2, 0.25) is 0 Å². The molecule has 1 aromatic carbocycles. The molecule has 22 heavy (non-hydrogen) atoms. The molecular formula is C18H26N4. The van der Waals surface area contributed by atoms with Gasteiger partial charge in [-0.05, 0) is 26.3 Å². The van der Waals surface area contributed by atoms with Crippen LogP contribution in [0.1, 0.15) is 19.4 Å². The summed E-state index contributed by atoms with van der Waals surface area (Å²) >= 11 is 0. The molecule has 0 amide bonds. The van der Waals surface area contributed by atoms with Gasteiger partial charge < -0.3 is 15.1 Å². The normalized spacial score (nSPS) is 15.3. The quantitative estimate of drug-likeness (QED) is 0.940. The number of aromatic nitrogens is 1. The van der Waals surface area contributed by atoms with Crippen LogP contribution in [0.4, 0.5) is 11.5 Å². The lowest BCUT2D eigenvalue weighted by Gasteiger charge is -2.31. The van der Waals surface area contributed by atoms with E-state index in [0.29, 0.717) is 0 Å². The van der Waals surface area contributed by atoms with Gasteiger partial charge in [-0.25, -0.2) is 4.98 Å². The van der Waals surface area contributed by atoms with Gasteiger partial charge in [0.15, 0.2) is 0 Å². The first-order valence-corrected chi connectivity index (χ1v) is 8.35. The Morgan fingerprint density at radius 1 is 1.18 bits per heavy atom. The molecule has 0 saturated carbocycles.